The van der Waals surface area contributed by atoms with Gasteiger partial charge in [-0.25, -0.2) is 0 Å². The fourth-order valence-corrected chi connectivity index (χ4v) is 2.86. The smallest absolute Gasteiger partial charge is 0.255 e. The number of benzene rings is 2. The zero-order valence-electron chi connectivity index (χ0n) is 16.3. The van der Waals surface area contributed by atoms with Crippen molar-refractivity contribution in [2.24, 2.45) is 0 Å². The van der Waals surface area contributed by atoms with E-state index in [-0.39, 0.29) is 5.91 Å². The number of carbonyl (C=O) groups excluding carboxylic acids is 1. The third-order valence-electron chi connectivity index (χ3n) is 4.43. The lowest BCUT2D eigenvalue weighted by atomic mass is 10.2. The van der Waals surface area contributed by atoms with Crippen LogP contribution < -0.4 is 10.1 Å². The number of nitrogens with one attached hydrogen (secondary N) is 1. The number of anilines is 2. The molecule has 1 aromatic heterocycles. The van der Waals surface area contributed by atoms with Crippen molar-refractivity contribution in [3.8, 4) is 5.75 Å². The molecule has 28 heavy (non-hydrogen) atoms. The summed E-state index contributed by atoms with van der Waals surface area (Å²) < 4.78 is 5.81. The van der Waals surface area contributed by atoms with E-state index in [0.29, 0.717) is 25.3 Å². The summed E-state index contributed by atoms with van der Waals surface area (Å²) in [5.74, 6) is 0.795. The van der Waals surface area contributed by atoms with Gasteiger partial charge < -0.3 is 15.0 Å². The molecule has 3 aromatic rings. The summed E-state index contributed by atoms with van der Waals surface area (Å²) in [5.41, 5.74) is 3.39. The zero-order chi connectivity index (χ0) is 19.8. The van der Waals surface area contributed by atoms with Crippen molar-refractivity contribution < 1.29 is 9.53 Å². The Bertz CT molecular complexity index is 891. The van der Waals surface area contributed by atoms with Crippen LogP contribution in [0.25, 0.3) is 0 Å². The molecule has 0 aliphatic carbocycles. The number of hydrogen-bond acceptors (Lipinski definition) is 4. The number of aromatic nitrogens is 1. The van der Waals surface area contributed by atoms with Crippen molar-refractivity contribution in [2.45, 2.75) is 20.5 Å². The van der Waals surface area contributed by atoms with Gasteiger partial charge in [-0.2, -0.15) is 0 Å². The lowest BCUT2D eigenvalue weighted by Crippen LogP contribution is -2.30. The molecule has 5 nitrogen and oxygen atoms in total. The molecule has 0 spiro atoms. The molecule has 0 aliphatic heterocycles. The molecule has 0 bridgehead atoms. The van der Waals surface area contributed by atoms with E-state index in [1.54, 1.807) is 17.3 Å². The van der Waals surface area contributed by atoms with Gasteiger partial charge in [-0.15, -0.1) is 0 Å². The first-order chi connectivity index (χ1) is 13.7. The third kappa shape index (κ3) is 5.10. The van der Waals surface area contributed by atoms with Crippen LogP contribution in [0.3, 0.4) is 0 Å². The highest BCUT2D eigenvalue weighted by Gasteiger charge is 2.13. The predicted octanol–water partition coefficient (Wildman–Crippen LogP) is 4.89. The zero-order valence-corrected chi connectivity index (χ0v) is 16.3. The number of amides is 1. The van der Waals surface area contributed by atoms with E-state index in [9.17, 15) is 4.79 Å². The second-order valence-corrected chi connectivity index (χ2v) is 6.36. The van der Waals surface area contributed by atoms with Gasteiger partial charge in [-0.05, 0) is 49.7 Å². The van der Waals surface area contributed by atoms with Crippen molar-refractivity contribution in [3.05, 3.63) is 84.2 Å². The van der Waals surface area contributed by atoms with E-state index < -0.39 is 0 Å². The Balaban J connectivity index is 1.62. The molecule has 1 amide bonds. The van der Waals surface area contributed by atoms with Crippen LogP contribution in [0.15, 0.2) is 73.1 Å². The quantitative estimate of drug-likeness (QED) is 0.609. The Kier molecular flexibility index (Phi) is 6.63. The highest BCUT2D eigenvalue weighted by molar-refractivity contribution is 5.94. The van der Waals surface area contributed by atoms with Gasteiger partial charge in [0.1, 0.15) is 12.4 Å². The summed E-state index contributed by atoms with van der Waals surface area (Å²) in [6.45, 7) is 5.83. The summed E-state index contributed by atoms with van der Waals surface area (Å²) in [4.78, 5) is 18.5. The largest absolute Gasteiger partial charge is 0.489 e. The molecule has 0 saturated heterocycles. The highest BCUT2D eigenvalue weighted by atomic mass is 16.5. The Morgan fingerprint density at radius 1 is 0.964 bits per heavy atom. The van der Waals surface area contributed by atoms with Crippen LogP contribution in [-0.2, 0) is 6.61 Å². The van der Waals surface area contributed by atoms with Crippen molar-refractivity contribution in [1.29, 1.82) is 0 Å². The fourth-order valence-electron chi connectivity index (χ4n) is 2.86. The van der Waals surface area contributed by atoms with Crippen LogP contribution in [0.4, 0.5) is 11.4 Å². The predicted molar refractivity (Wildman–Crippen MR) is 112 cm³/mol. The molecule has 1 heterocycles. The molecular weight excluding hydrogens is 350 g/mol. The van der Waals surface area contributed by atoms with Gasteiger partial charge in [-0.3, -0.25) is 9.78 Å². The number of nitrogens with zero attached hydrogens (tertiary/aromatic N) is 2. The van der Waals surface area contributed by atoms with Crippen LogP contribution in [0.5, 0.6) is 5.75 Å². The molecule has 0 aliphatic rings. The van der Waals surface area contributed by atoms with Gasteiger partial charge in [0.15, 0.2) is 0 Å². The van der Waals surface area contributed by atoms with Gasteiger partial charge in [0.05, 0.1) is 17.4 Å². The molecule has 2 aromatic carbocycles. The molecule has 1 N–H and O–H groups in total. The van der Waals surface area contributed by atoms with E-state index in [0.717, 1.165) is 22.7 Å². The fraction of sp³-hybridized carbons (Fsp3) is 0.217. The minimum absolute atomic E-state index is 0.00851. The monoisotopic (exact) mass is 375 g/mol. The first-order valence-corrected chi connectivity index (χ1v) is 9.47. The maximum Gasteiger partial charge on any atom is 0.255 e. The molecule has 3 rings (SSSR count). The van der Waals surface area contributed by atoms with Gasteiger partial charge in [-0.1, -0.05) is 30.3 Å². The summed E-state index contributed by atoms with van der Waals surface area (Å²) in [5, 5.41) is 3.29. The van der Waals surface area contributed by atoms with E-state index in [1.807, 2.05) is 74.5 Å². The van der Waals surface area contributed by atoms with Gasteiger partial charge in [0.2, 0.25) is 0 Å². The second kappa shape index (κ2) is 9.55. The van der Waals surface area contributed by atoms with E-state index in [1.165, 1.54) is 0 Å². The number of ether oxygens (including phenoxy) is 1. The van der Waals surface area contributed by atoms with E-state index >= 15 is 0 Å². The topological polar surface area (TPSA) is 54.5 Å². The van der Waals surface area contributed by atoms with Crippen LogP contribution in [0, 0.1) is 0 Å². The number of carbonyl (C=O) groups is 1. The second-order valence-electron chi connectivity index (χ2n) is 6.36. The van der Waals surface area contributed by atoms with Crippen LogP contribution >= 0.6 is 0 Å². The maximum absolute atomic E-state index is 12.5. The summed E-state index contributed by atoms with van der Waals surface area (Å²) in [6, 6.07) is 19.6. The molecule has 0 atom stereocenters. The summed E-state index contributed by atoms with van der Waals surface area (Å²) >= 11 is 0. The highest BCUT2D eigenvalue weighted by Crippen LogP contribution is 2.21. The standard InChI is InChI=1S/C23H25N3O2/c1-3-26(4-2)23(27)19-14-21(16-24-15-19)25-20-10-12-22(13-11-20)28-17-18-8-6-5-7-9-18/h5-16,25H,3-4,17H2,1-2H3. The number of hydrogen-bond donors (Lipinski definition) is 1. The maximum atomic E-state index is 12.5. The van der Waals surface area contributed by atoms with Gasteiger partial charge >= 0.3 is 0 Å². The van der Waals surface area contributed by atoms with E-state index in [4.69, 9.17) is 4.74 Å². The van der Waals surface area contributed by atoms with Crippen LogP contribution in [0.2, 0.25) is 0 Å². The van der Waals surface area contributed by atoms with Gasteiger partial charge in [0, 0.05) is 25.0 Å². The SMILES string of the molecule is CCN(CC)C(=O)c1cncc(Nc2ccc(OCc3ccccc3)cc2)c1. The van der Waals surface area contributed by atoms with Crippen molar-refractivity contribution in [2.75, 3.05) is 18.4 Å². The van der Waals surface area contributed by atoms with Gasteiger partial charge in [0.25, 0.3) is 5.91 Å². The average molecular weight is 375 g/mol. The molecule has 0 unspecified atom stereocenters. The van der Waals surface area contributed by atoms with E-state index in [2.05, 4.69) is 10.3 Å². The van der Waals surface area contributed by atoms with Crippen molar-refractivity contribution >= 4 is 17.3 Å². The lowest BCUT2D eigenvalue weighted by molar-refractivity contribution is 0.0772. The first kappa shape index (κ1) is 19.4. The molecule has 0 saturated carbocycles. The Morgan fingerprint density at radius 2 is 1.68 bits per heavy atom. The number of pyridine rings is 1. The molecule has 0 fully saturated rings. The minimum Gasteiger partial charge on any atom is -0.489 e. The lowest BCUT2D eigenvalue weighted by Gasteiger charge is -2.18. The summed E-state index contributed by atoms with van der Waals surface area (Å²) in [6.07, 6.45) is 3.31. The molecule has 144 valence electrons. The summed E-state index contributed by atoms with van der Waals surface area (Å²) in [7, 11) is 0. The Hall–Kier alpha value is -3.34. The van der Waals surface area contributed by atoms with Crippen molar-refractivity contribution in [3.63, 3.8) is 0 Å². The Labute approximate surface area is 166 Å². The van der Waals surface area contributed by atoms with Crippen molar-refractivity contribution in [1.82, 2.24) is 9.88 Å². The molecule has 0 radical (unpaired) electrons. The normalized spacial score (nSPS) is 10.4. The molecule has 5 heteroatoms. The Morgan fingerprint density at radius 3 is 2.36 bits per heavy atom. The third-order valence-corrected chi connectivity index (χ3v) is 4.43. The van der Waals surface area contributed by atoms with Crippen LogP contribution in [-0.4, -0.2) is 28.9 Å². The minimum atomic E-state index is -0.00851. The van der Waals surface area contributed by atoms with Crippen LogP contribution in [0.1, 0.15) is 29.8 Å². The number of rotatable bonds is 8. The molecular formula is C23H25N3O2. The average Bonchev–Trinajstić information content (AvgIpc) is 2.75. The first-order valence-electron chi connectivity index (χ1n) is 9.47.